The second-order valence-electron chi connectivity index (χ2n) is 5.56. The summed E-state index contributed by atoms with van der Waals surface area (Å²) < 4.78 is 0. The van der Waals surface area contributed by atoms with E-state index >= 15 is 0 Å². The highest BCUT2D eigenvalue weighted by Gasteiger charge is 2.21. The third-order valence-electron chi connectivity index (χ3n) is 4.14. The quantitative estimate of drug-likeness (QED) is 0.780. The topological polar surface area (TPSA) is 64.4 Å². The smallest absolute Gasteiger partial charge is 0.246 e. The first-order valence-electron chi connectivity index (χ1n) is 7.97. The fraction of sp³-hybridized carbons (Fsp3) is 0.316. The SMILES string of the molecule is C=CC(=O)N(CC)CC(=O)N1CC=C(c2ccc(C#N)cc2)CC1. The Morgan fingerprint density at radius 2 is 2.08 bits per heavy atom. The van der Waals surface area contributed by atoms with Crippen LogP contribution in [-0.4, -0.2) is 47.8 Å². The number of amides is 2. The van der Waals surface area contributed by atoms with E-state index in [-0.39, 0.29) is 18.4 Å². The van der Waals surface area contributed by atoms with Crippen LogP contribution >= 0.6 is 0 Å². The van der Waals surface area contributed by atoms with Crippen LogP contribution in [0.2, 0.25) is 0 Å². The maximum Gasteiger partial charge on any atom is 0.246 e. The molecular formula is C19H21N3O2. The van der Waals surface area contributed by atoms with Gasteiger partial charge in [-0.25, -0.2) is 0 Å². The zero-order chi connectivity index (χ0) is 17.5. The number of rotatable bonds is 5. The monoisotopic (exact) mass is 323 g/mol. The molecule has 1 heterocycles. The van der Waals surface area contributed by atoms with Crippen molar-refractivity contribution in [2.75, 3.05) is 26.2 Å². The summed E-state index contributed by atoms with van der Waals surface area (Å²) in [7, 11) is 0. The molecule has 24 heavy (non-hydrogen) atoms. The maximum atomic E-state index is 12.3. The number of nitrogens with zero attached hydrogens (tertiary/aromatic N) is 3. The van der Waals surface area contributed by atoms with Gasteiger partial charge in [-0.05, 0) is 42.7 Å². The molecule has 1 aliphatic rings. The molecule has 0 bridgehead atoms. The van der Waals surface area contributed by atoms with Gasteiger partial charge in [0, 0.05) is 19.6 Å². The molecule has 0 saturated carbocycles. The minimum atomic E-state index is -0.225. The lowest BCUT2D eigenvalue weighted by Gasteiger charge is -2.29. The van der Waals surface area contributed by atoms with Crippen molar-refractivity contribution < 1.29 is 9.59 Å². The van der Waals surface area contributed by atoms with Crippen molar-refractivity contribution in [2.24, 2.45) is 0 Å². The second-order valence-corrected chi connectivity index (χ2v) is 5.56. The third kappa shape index (κ3) is 4.11. The average Bonchev–Trinajstić information content (AvgIpc) is 2.65. The second kappa shape index (κ2) is 8.11. The summed E-state index contributed by atoms with van der Waals surface area (Å²) in [6.45, 7) is 7.03. The van der Waals surface area contributed by atoms with E-state index in [1.807, 2.05) is 25.1 Å². The Labute approximate surface area is 142 Å². The molecule has 2 rings (SSSR count). The van der Waals surface area contributed by atoms with Crippen molar-refractivity contribution in [3.8, 4) is 6.07 Å². The first-order valence-corrected chi connectivity index (χ1v) is 7.97. The van der Waals surface area contributed by atoms with E-state index in [1.54, 1.807) is 17.0 Å². The fourth-order valence-electron chi connectivity index (χ4n) is 2.65. The van der Waals surface area contributed by atoms with E-state index in [2.05, 4.69) is 12.6 Å². The van der Waals surface area contributed by atoms with Crippen molar-refractivity contribution in [3.63, 3.8) is 0 Å². The van der Waals surface area contributed by atoms with Gasteiger partial charge in [-0.2, -0.15) is 5.26 Å². The van der Waals surface area contributed by atoms with Crippen LogP contribution in [-0.2, 0) is 9.59 Å². The molecule has 5 nitrogen and oxygen atoms in total. The largest absolute Gasteiger partial charge is 0.337 e. The molecular weight excluding hydrogens is 302 g/mol. The van der Waals surface area contributed by atoms with Gasteiger partial charge in [0.1, 0.15) is 6.54 Å². The highest BCUT2D eigenvalue weighted by Crippen LogP contribution is 2.22. The Balaban J connectivity index is 1.98. The standard InChI is InChI=1S/C19H21N3O2/c1-3-18(23)21(4-2)14-19(24)22-11-9-17(10-12-22)16-7-5-15(13-20)6-8-16/h3,5-9H,1,4,10-12,14H2,2H3. The molecule has 0 spiro atoms. The van der Waals surface area contributed by atoms with Crippen LogP contribution in [0.25, 0.3) is 5.57 Å². The van der Waals surface area contributed by atoms with E-state index in [4.69, 9.17) is 5.26 Å². The summed E-state index contributed by atoms with van der Waals surface area (Å²) in [5.74, 6) is -0.279. The van der Waals surface area contributed by atoms with Gasteiger partial charge < -0.3 is 9.80 Å². The Kier molecular flexibility index (Phi) is 5.91. The number of hydrogen-bond acceptors (Lipinski definition) is 3. The van der Waals surface area contributed by atoms with Crippen LogP contribution in [0.4, 0.5) is 0 Å². The summed E-state index contributed by atoms with van der Waals surface area (Å²) in [5.41, 5.74) is 2.90. The molecule has 0 atom stereocenters. The van der Waals surface area contributed by atoms with Gasteiger partial charge in [0.25, 0.3) is 0 Å². The van der Waals surface area contributed by atoms with Gasteiger partial charge in [0.05, 0.1) is 11.6 Å². The van der Waals surface area contributed by atoms with Crippen LogP contribution in [0.5, 0.6) is 0 Å². The van der Waals surface area contributed by atoms with Gasteiger partial charge in [0.2, 0.25) is 11.8 Å². The fourth-order valence-corrected chi connectivity index (χ4v) is 2.65. The van der Waals surface area contributed by atoms with Crippen molar-refractivity contribution in [1.29, 1.82) is 5.26 Å². The molecule has 0 radical (unpaired) electrons. The zero-order valence-electron chi connectivity index (χ0n) is 13.9. The summed E-state index contributed by atoms with van der Waals surface area (Å²) in [5, 5.41) is 8.84. The minimum Gasteiger partial charge on any atom is -0.337 e. The minimum absolute atomic E-state index is 0.0535. The number of hydrogen-bond donors (Lipinski definition) is 0. The van der Waals surface area contributed by atoms with E-state index in [1.165, 1.54) is 16.5 Å². The summed E-state index contributed by atoms with van der Waals surface area (Å²) in [6, 6.07) is 9.57. The molecule has 2 amide bonds. The van der Waals surface area contributed by atoms with Gasteiger partial charge in [-0.1, -0.05) is 24.8 Å². The van der Waals surface area contributed by atoms with Crippen molar-refractivity contribution in [3.05, 3.63) is 54.1 Å². The molecule has 0 unspecified atom stereocenters. The molecule has 0 fully saturated rings. The van der Waals surface area contributed by atoms with Gasteiger partial charge in [-0.3, -0.25) is 9.59 Å². The van der Waals surface area contributed by atoms with Crippen molar-refractivity contribution in [1.82, 2.24) is 9.80 Å². The molecule has 124 valence electrons. The summed E-state index contributed by atoms with van der Waals surface area (Å²) in [4.78, 5) is 27.2. The van der Waals surface area contributed by atoms with E-state index in [0.29, 0.717) is 25.2 Å². The predicted molar refractivity (Wildman–Crippen MR) is 92.8 cm³/mol. The van der Waals surface area contributed by atoms with Gasteiger partial charge in [-0.15, -0.1) is 0 Å². The molecule has 1 aliphatic heterocycles. The maximum absolute atomic E-state index is 12.3. The molecule has 0 aromatic heterocycles. The molecule has 0 aliphatic carbocycles. The van der Waals surface area contributed by atoms with Crippen LogP contribution in [0, 0.1) is 11.3 Å². The number of benzene rings is 1. The Bertz CT molecular complexity index is 698. The lowest BCUT2D eigenvalue weighted by Crippen LogP contribution is -2.43. The van der Waals surface area contributed by atoms with Crippen LogP contribution in [0.1, 0.15) is 24.5 Å². The van der Waals surface area contributed by atoms with Crippen LogP contribution in [0.3, 0.4) is 0 Å². The normalized spacial score (nSPS) is 13.7. The lowest BCUT2D eigenvalue weighted by atomic mass is 9.98. The summed E-state index contributed by atoms with van der Waals surface area (Å²) in [6.07, 6.45) is 4.03. The van der Waals surface area contributed by atoms with Crippen molar-refractivity contribution >= 4 is 17.4 Å². The third-order valence-corrected chi connectivity index (χ3v) is 4.14. The van der Waals surface area contributed by atoms with E-state index in [9.17, 15) is 9.59 Å². The van der Waals surface area contributed by atoms with Crippen LogP contribution < -0.4 is 0 Å². The number of likely N-dealkylation sites (N-methyl/N-ethyl adjacent to an activating group) is 1. The van der Waals surface area contributed by atoms with Gasteiger partial charge in [0.15, 0.2) is 0 Å². The Hall–Kier alpha value is -2.87. The van der Waals surface area contributed by atoms with Crippen molar-refractivity contribution in [2.45, 2.75) is 13.3 Å². The first-order chi connectivity index (χ1) is 11.6. The van der Waals surface area contributed by atoms with Crippen LogP contribution in [0.15, 0.2) is 43.0 Å². The lowest BCUT2D eigenvalue weighted by molar-refractivity contribution is -0.137. The molecule has 0 saturated heterocycles. The molecule has 1 aromatic carbocycles. The van der Waals surface area contributed by atoms with Gasteiger partial charge >= 0.3 is 0 Å². The Morgan fingerprint density at radius 1 is 1.38 bits per heavy atom. The number of carbonyl (C=O) groups is 2. The summed E-state index contributed by atoms with van der Waals surface area (Å²) >= 11 is 0. The molecule has 0 N–H and O–H groups in total. The number of carbonyl (C=O) groups excluding carboxylic acids is 2. The molecule has 5 heteroatoms. The predicted octanol–water partition coefficient (Wildman–Crippen LogP) is 2.21. The Morgan fingerprint density at radius 3 is 2.58 bits per heavy atom. The highest BCUT2D eigenvalue weighted by molar-refractivity contribution is 5.91. The average molecular weight is 323 g/mol. The molecule has 1 aromatic rings. The zero-order valence-corrected chi connectivity index (χ0v) is 13.9. The first kappa shape index (κ1) is 17.5. The van der Waals surface area contributed by atoms with E-state index < -0.39 is 0 Å². The number of nitriles is 1. The highest BCUT2D eigenvalue weighted by atomic mass is 16.2. The van der Waals surface area contributed by atoms with E-state index in [0.717, 1.165) is 12.0 Å².